The Morgan fingerprint density at radius 1 is 1.54 bits per heavy atom. The number of hydrogen-bond donors (Lipinski definition) is 2. The van der Waals surface area contributed by atoms with Crippen molar-refractivity contribution in [1.29, 1.82) is 0 Å². The molecule has 1 aliphatic rings. The van der Waals surface area contributed by atoms with E-state index in [1.54, 1.807) is 23.1 Å². The van der Waals surface area contributed by atoms with Gasteiger partial charge in [0.1, 0.15) is 5.75 Å². The van der Waals surface area contributed by atoms with Gasteiger partial charge in [-0.05, 0) is 12.1 Å². The minimum atomic E-state index is -0.0547. The third-order valence-electron chi connectivity index (χ3n) is 2.19. The maximum absolute atomic E-state index is 11.5. The van der Waals surface area contributed by atoms with Crippen LogP contribution in [0.3, 0.4) is 0 Å². The number of amides is 1. The number of carbonyl (C=O) groups is 1. The molecule has 0 saturated heterocycles. The second kappa shape index (κ2) is 2.96. The molecule has 0 fully saturated rings. The summed E-state index contributed by atoms with van der Waals surface area (Å²) in [5, 5.41) is 9.46. The first-order valence-electron chi connectivity index (χ1n) is 3.95. The molecular weight excluding hydrogens is 186 g/mol. The third kappa shape index (κ3) is 1.18. The van der Waals surface area contributed by atoms with E-state index in [9.17, 15) is 9.90 Å². The number of rotatable bonds is 1. The Morgan fingerprint density at radius 2 is 2.31 bits per heavy atom. The fourth-order valence-corrected chi connectivity index (χ4v) is 1.72. The predicted molar refractivity (Wildman–Crippen MR) is 51.8 cm³/mol. The summed E-state index contributed by atoms with van der Waals surface area (Å²) >= 11 is 4.04. The van der Waals surface area contributed by atoms with Crippen molar-refractivity contribution < 1.29 is 9.90 Å². The van der Waals surface area contributed by atoms with Gasteiger partial charge in [-0.3, -0.25) is 4.79 Å². The molecule has 1 N–H and O–H groups in total. The Kier molecular flexibility index (Phi) is 1.92. The van der Waals surface area contributed by atoms with E-state index < -0.39 is 0 Å². The number of fused-ring (bicyclic) bond motifs is 1. The molecule has 0 spiro atoms. The Balaban J connectivity index is 2.49. The van der Waals surface area contributed by atoms with Gasteiger partial charge in [0.05, 0.1) is 12.4 Å². The molecule has 0 aromatic heterocycles. The monoisotopic (exact) mass is 195 g/mol. The lowest BCUT2D eigenvalue weighted by Gasteiger charge is -2.10. The molecule has 1 aromatic carbocycles. The van der Waals surface area contributed by atoms with Crippen LogP contribution in [0.2, 0.25) is 0 Å². The summed E-state index contributed by atoms with van der Waals surface area (Å²) < 4.78 is 0. The van der Waals surface area contributed by atoms with E-state index in [-0.39, 0.29) is 11.7 Å². The first-order chi connectivity index (χ1) is 6.24. The molecule has 0 saturated carbocycles. The molecular formula is C9H9NO2S. The highest BCUT2D eigenvalue weighted by atomic mass is 32.1. The largest absolute Gasteiger partial charge is 0.508 e. The van der Waals surface area contributed by atoms with Crippen LogP contribution >= 0.6 is 12.6 Å². The van der Waals surface area contributed by atoms with Crippen LogP contribution < -0.4 is 0 Å². The Morgan fingerprint density at radius 3 is 2.92 bits per heavy atom. The normalized spacial score (nSPS) is 14.8. The van der Waals surface area contributed by atoms with Gasteiger partial charge in [-0.15, -0.1) is 0 Å². The number of nitrogens with zero attached hydrogens (tertiary/aromatic N) is 1. The second-order valence-electron chi connectivity index (χ2n) is 2.95. The summed E-state index contributed by atoms with van der Waals surface area (Å²) in [6.45, 7) is 0.463. The van der Waals surface area contributed by atoms with E-state index in [2.05, 4.69) is 12.6 Å². The van der Waals surface area contributed by atoms with E-state index in [1.165, 1.54) is 0 Å². The highest BCUT2D eigenvalue weighted by molar-refractivity contribution is 7.80. The lowest BCUT2D eigenvalue weighted by molar-refractivity contribution is 0.0808. The Hall–Kier alpha value is -1.16. The molecule has 1 amide bonds. The van der Waals surface area contributed by atoms with Crippen LogP contribution in [0.4, 0.5) is 0 Å². The molecule has 0 bridgehead atoms. The number of hydrogen-bond acceptors (Lipinski definition) is 3. The Bertz CT molecular complexity index is 365. The number of thiol groups is 1. The fraction of sp³-hybridized carbons (Fsp3) is 0.222. The Labute approximate surface area is 81.4 Å². The van der Waals surface area contributed by atoms with Gasteiger partial charge >= 0.3 is 0 Å². The zero-order chi connectivity index (χ0) is 9.42. The zero-order valence-electron chi connectivity index (χ0n) is 6.90. The summed E-state index contributed by atoms with van der Waals surface area (Å²) in [6, 6.07) is 4.99. The maximum Gasteiger partial charge on any atom is 0.255 e. The molecule has 3 nitrogen and oxygen atoms in total. The predicted octanol–water partition coefficient (Wildman–Crippen LogP) is 1.24. The van der Waals surface area contributed by atoms with E-state index in [0.29, 0.717) is 23.5 Å². The van der Waals surface area contributed by atoms with Crippen molar-refractivity contribution in [3.63, 3.8) is 0 Å². The van der Waals surface area contributed by atoms with Gasteiger partial charge in [0.25, 0.3) is 5.91 Å². The highest BCUT2D eigenvalue weighted by Crippen LogP contribution is 2.29. The lowest BCUT2D eigenvalue weighted by atomic mass is 10.1. The molecule has 0 radical (unpaired) electrons. The summed E-state index contributed by atoms with van der Waals surface area (Å²) in [4.78, 5) is 13.1. The van der Waals surface area contributed by atoms with Gasteiger partial charge in [0.15, 0.2) is 0 Å². The molecule has 68 valence electrons. The molecule has 13 heavy (non-hydrogen) atoms. The van der Waals surface area contributed by atoms with Crippen molar-refractivity contribution >= 4 is 18.5 Å². The molecule has 1 heterocycles. The van der Waals surface area contributed by atoms with Crippen molar-refractivity contribution in [2.24, 2.45) is 0 Å². The average molecular weight is 195 g/mol. The lowest BCUT2D eigenvalue weighted by Crippen LogP contribution is -2.21. The maximum atomic E-state index is 11.5. The van der Waals surface area contributed by atoms with Crippen molar-refractivity contribution in [3.05, 3.63) is 29.3 Å². The highest BCUT2D eigenvalue weighted by Gasteiger charge is 2.27. The summed E-state index contributed by atoms with van der Waals surface area (Å²) in [7, 11) is 0. The zero-order valence-corrected chi connectivity index (χ0v) is 7.79. The van der Waals surface area contributed by atoms with E-state index in [1.807, 2.05) is 0 Å². The number of carbonyl (C=O) groups excluding carboxylic acids is 1. The molecule has 2 rings (SSSR count). The van der Waals surface area contributed by atoms with Crippen LogP contribution in [0.25, 0.3) is 0 Å². The molecule has 1 aromatic rings. The SMILES string of the molecule is O=C1c2cccc(O)c2CN1CS. The number of aromatic hydroxyl groups is 1. The van der Waals surface area contributed by atoms with Crippen LogP contribution in [0, 0.1) is 0 Å². The summed E-state index contributed by atoms with van der Waals surface area (Å²) in [5.74, 6) is 0.517. The smallest absolute Gasteiger partial charge is 0.255 e. The third-order valence-corrected chi connectivity index (χ3v) is 2.53. The van der Waals surface area contributed by atoms with E-state index in [4.69, 9.17) is 0 Å². The first kappa shape index (κ1) is 8.44. The minimum absolute atomic E-state index is 0.0547. The van der Waals surface area contributed by atoms with Crippen LogP contribution in [0.5, 0.6) is 5.75 Å². The molecule has 1 aliphatic heterocycles. The van der Waals surface area contributed by atoms with E-state index in [0.717, 1.165) is 0 Å². The standard InChI is InChI=1S/C9H9NO2S/c11-8-3-1-2-6-7(8)4-10(5-13)9(6)12/h1-3,11,13H,4-5H2. The second-order valence-corrected chi connectivity index (χ2v) is 3.23. The molecule has 0 atom stereocenters. The number of phenolic OH excluding ortho intramolecular Hbond substituents is 1. The minimum Gasteiger partial charge on any atom is -0.508 e. The first-order valence-corrected chi connectivity index (χ1v) is 4.58. The van der Waals surface area contributed by atoms with E-state index >= 15 is 0 Å². The van der Waals surface area contributed by atoms with Gasteiger partial charge in [-0.25, -0.2) is 0 Å². The average Bonchev–Trinajstić information content (AvgIpc) is 2.45. The van der Waals surface area contributed by atoms with Gasteiger partial charge in [0.2, 0.25) is 0 Å². The topological polar surface area (TPSA) is 40.5 Å². The quantitative estimate of drug-likeness (QED) is 0.662. The van der Waals surface area contributed by atoms with Crippen LogP contribution in [-0.2, 0) is 6.54 Å². The number of phenols is 1. The molecule has 0 unspecified atom stereocenters. The van der Waals surface area contributed by atoms with Crippen molar-refractivity contribution in [3.8, 4) is 5.75 Å². The van der Waals surface area contributed by atoms with Gasteiger partial charge in [-0.1, -0.05) is 6.07 Å². The van der Waals surface area contributed by atoms with Crippen LogP contribution in [0.1, 0.15) is 15.9 Å². The van der Waals surface area contributed by atoms with Gasteiger partial charge < -0.3 is 10.0 Å². The molecule has 0 aliphatic carbocycles. The van der Waals surface area contributed by atoms with Crippen molar-refractivity contribution in [2.45, 2.75) is 6.54 Å². The summed E-state index contributed by atoms with van der Waals surface area (Å²) in [5.41, 5.74) is 1.30. The van der Waals surface area contributed by atoms with Crippen molar-refractivity contribution in [1.82, 2.24) is 4.90 Å². The van der Waals surface area contributed by atoms with Gasteiger partial charge in [0, 0.05) is 11.1 Å². The van der Waals surface area contributed by atoms with Gasteiger partial charge in [-0.2, -0.15) is 12.6 Å². The summed E-state index contributed by atoms with van der Waals surface area (Å²) in [6.07, 6.45) is 0. The van der Waals surface area contributed by atoms with Crippen LogP contribution in [-0.4, -0.2) is 21.8 Å². The number of benzene rings is 1. The molecule has 4 heteroatoms. The van der Waals surface area contributed by atoms with Crippen molar-refractivity contribution in [2.75, 3.05) is 5.88 Å². The van der Waals surface area contributed by atoms with Crippen LogP contribution in [0.15, 0.2) is 18.2 Å². The fourth-order valence-electron chi connectivity index (χ4n) is 1.49.